The number of nitrogens with one attached hydrogen (secondary N) is 1. The van der Waals surface area contributed by atoms with Gasteiger partial charge in [-0.25, -0.2) is 9.97 Å². The Labute approximate surface area is 166 Å². The number of H-pyrrole nitrogens is 1. The van der Waals surface area contributed by atoms with E-state index in [2.05, 4.69) is 47.9 Å². The smallest absolute Gasteiger partial charge is 0.274 e. The van der Waals surface area contributed by atoms with E-state index in [1.807, 2.05) is 17.2 Å². The average molecular weight is 383 g/mol. The Morgan fingerprint density at radius 2 is 2.11 bits per heavy atom. The van der Waals surface area contributed by atoms with Gasteiger partial charge in [-0.05, 0) is 32.5 Å². The van der Waals surface area contributed by atoms with Gasteiger partial charge in [0.05, 0.1) is 5.69 Å². The highest BCUT2D eigenvalue weighted by Gasteiger charge is 2.28. The first-order valence-corrected chi connectivity index (χ1v) is 10.2. The topological polar surface area (TPSA) is 78.0 Å². The summed E-state index contributed by atoms with van der Waals surface area (Å²) < 4.78 is 0. The number of rotatable bonds is 2. The van der Waals surface area contributed by atoms with Crippen molar-refractivity contribution in [1.82, 2.24) is 30.0 Å². The van der Waals surface area contributed by atoms with Gasteiger partial charge in [0.25, 0.3) is 5.91 Å². The zero-order valence-electron chi connectivity index (χ0n) is 17.3. The van der Waals surface area contributed by atoms with Gasteiger partial charge in [-0.3, -0.25) is 9.89 Å². The SMILES string of the molecule is CN1CCCC(c2ncc3c(n2)CCN(C(=O)c2cc(C(C)(C)C)[nH]n2)C3)C1. The van der Waals surface area contributed by atoms with E-state index in [9.17, 15) is 4.79 Å². The predicted octanol–water partition coefficient (Wildman–Crippen LogP) is 2.50. The molecule has 7 nitrogen and oxygen atoms in total. The summed E-state index contributed by atoms with van der Waals surface area (Å²) in [6, 6.07) is 1.87. The van der Waals surface area contributed by atoms with Crippen molar-refractivity contribution in [3.8, 4) is 0 Å². The van der Waals surface area contributed by atoms with E-state index in [1.54, 1.807) is 0 Å². The Balaban J connectivity index is 1.47. The van der Waals surface area contributed by atoms with E-state index in [4.69, 9.17) is 4.98 Å². The number of nitrogens with zero attached hydrogens (tertiary/aromatic N) is 5. The summed E-state index contributed by atoms with van der Waals surface area (Å²) in [6.45, 7) is 9.71. The standard InChI is InChI=1S/C21H30N6O/c1-21(2,3)18-10-17(24-25-18)20(28)27-9-7-16-15(13-27)11-22-19(23-16)14-6-5-8-26(4)12-14/h10-11,14H,5-9,12-13H2,1-4H3,(H,24,25). The minimum atomic E-state index is -0.0581. The lowest BCUT2D eigenvalue weighted by atomic mass is 9.92. The van der Waals surface area contributed by atoms with E-state index in [1.165, 1.54) is 6.42 Å². The number of carbonyl (C=O) groups excluding carboxylic acids is 1. The summed E-state index contributed by atoms with van der Waals surface area (Å²) in [7, 11) is 2.16. The molecule has 2 aromatic rings. The Kier molecular flexibility index (Phi) is 4.95. The number of amides is 1. The van der Waals surface area contributed by atoms with Gasteiger partial charge in [-0.1, -0.05) is 20.8 Å². The molecule has 1 N–H and O–H groups in total. The molecule has 4 rings (SSSR count). The lowest BCUT2D eigenvalue weighted by Gasteiger charge is -2.30. The number of carbonyl (C=O) groups is 1. The van der Waals surface area contributed by atoms with Gasteiger partial charge in [0, 0.05) is 54.8 Å². The Morgan fingerprint density at radius 3 is 2.82 bits per heavy atom. The molecule has 1 fully saturated rings. The van der Waals surface area contributed by atoms with Gasteiger partial charge in [-0.15, -0.1) is 0 Å². The van der Waals surface area contributed by atoms with E-state index in [0.29, 0.717) is 24.7 Å². The molecule has 7 heteroatoms. The second-order valence-electron chi connectivity index (χ2n) is 9.20. The molecule has 2 aliphatic heterocycles. The highest BCUT2D eigenvalue weighted by molar-refractivity contribution is 5.92. The fourth-order valence-corrected chi connectivity index (χ4v) is 4.06. The number of aromatic nitrogens is 4. The van der Waals surface area contributed by atoms with Crippen molar-refractivity contribution in [1.29, 1.82) is 0 Å². The van der Waals surface area contributed by atoms with Crippen LogP contribution in [-0.4, -0.2) is 62.6 Å². The summed E-state index contributed by atoms with van der Waals surface area (Å²) in [5.41, 5.74) is 3.55. The summed E-state index contributed by atoms with van der Waals surface area (Å²) >= 11 is 0. The summed E-state index contributed by atoms with van der Waals surface area (Å²) in [5, 5.41) is 7.25. The third-order valence-corrected chi connectivity index (χ3v) is 5.83. The van der Waals surface area contributed by atoms with Crippen LogP contribution in [0.4, 0.5) is 0 Å². The molecule has 1 unspecified atom stereocenters. The van der Waals surface area contributed by atoms with Crippen LogP contribution >= 0.6 is 0 Å². The maximum atomic E-state index is 12.9. The third-order valence-electron chi connectivity index (χ3n) is 5.83. The van der Waals surface area contributed by atoms with Gasteiger partial charge in [0.2, 0.25) is 0 Å². The third kappa shape index (κ3) is 3.81. The van der Waals surface area contributed by atoms with Crippen LogP contribution in [0.25, 0.3) is 0 Å². The number of hydrogen-bond acceptors (Lipinski definition) is 5. The van der Waals surface area contributed by atoms with Crippen molar-refractivity contribution in [2.45, 2.75) is 57.9 Å². The molecule has 2 aliphatic rings. The highest BCUT2D eigenvalue weighted by atomic mass is 16.2. The molecule has 1 atom stereocenters. The summed E-state index contributed by atoms with van der Waals surface area (Å²) in [6.07, 6.45) is 5.06. The van der Waals surface area contributed by atoms with Crippen molar-refractivity contribution < 1.29 is 4.79 Å². The average Bonchev–Trinajstić information content (AvgIpc) is 3.17. The minimum absolute atomic E-state index is 0.0321. The lowest BCUT2D eigenvalue weighted by Crippen LogP contribution is -2.37. The Bertz CT molecular complexity index is 868. The van der Waals surface area contributed by atoms with Crippen molar-refractivity contribution in [2.24, 2.45) is 0 Å². The van der Waals surface area contributed by atoms with Crippen molar-refractivity contribution in [2.75, 3.05) is 26.7 Å². The fourth-order valence-electron chi connectivity index (χ4n) is 4.06. The van der Waals surface area contributed by atoms with Crippen LogP contribution in [-0.2, 0) is 18.4 Å². The minimum Gasteiger partial charge on any atom is -0.332 e. The van der Waals surface area contributed by atoms with Gasteiger partial charge in [0.1, 0.15) is 11.5 Å². The zero-order chi connectivity index (χ0) is 19.9. The van der Waals surface area contributed by atoms with Crippen LogP contribution in [0.15, 0.2) is 12.3 Å². The quantitative estimate of drug-likeness (QED) is 0.863. The second kappa shape index (κ2) is 7.28. The molecular formula is C21H30N6O. The van der Waals surface area contributed by atoms with Crippen LogP contribution in [0, 0.1) is 0 Å². The molecule has 0 aliphatic carbocycles. The molecule has 0 radical (unpaired) electrons. The lowest BCUT2D eigenvalue weighted by molar-refractivity contribution is 0.0727. The van der Waals surface area contributed by atoms with Gasteiger partial charge < -0.3 is 9.80 Å². The normalized spacial score (nSPS) is 20.9. The first-order valence-electron chi connectivity index (χ1n) is 10.2. The second-order valence-corrected chi connectivity index (χ2v) is 9.20. The molecule has 0 bridgehead atoms. The Morgan fingerprint density at radius 1 is 1.29 bits per heavy atom. The molecule has 150 valence electrons. The highest BCUT2D eigenvalue weighted by Crippen LogP contribution is 2.26. The molecule has 28 heavy (non-hydrogen) atoms. The molecule has 0 aromatic carbocycles. The van der Waals surface area contributed by atoms with E-state index < -0.39 is 0 Å². The van der Waals surface area contributed by atoms with E-state index in [-0.39, 0.29) is 11.3 Å². The Hall–Kier alpha value is -2.28. The summed E-state index contributed by atoms with van der Waals surface area (Å²) in [4.78, 5) is 26.6. The van der Waals surface area contributed by atoms with E-state index in [0.717, 1.165) is 48.7 Å². The molecule has 2 aromatic heterocycles. The van der Waals surface area contributed by atoms with Crippen LogP contribution < -0.4 is 0 Å². The fraction of sp³-hybridized carbons (Fsp3) is 0.619. The number of aromatic amines is 1. The van der Waals surface area contributed by atoms with Gasteiger partial charge >= 0.3 is 0 Å². The van der Waals surface area contributed by atoms with E-state index >= 15 is 0 Å². The number of likely N-dealkylation sites (N-methyl/N-ethyl adjacent to an activating group) is 1. The van der Waals surface area contributed by atoms with Crippen LogP contribution in [0.2, 0.25) is 0 Å². The van der Waals surface area contributed by atoms with Crippen LogP contribution in [0.5, 0.6) is 0 Å². The number of piperidine rings is 1. The monoisotopic (exact) mass is 382 g/mol. The molecule has 0 saturated carbocycles. The maximum Gasteiger partial charge on any atom is 0.274 e. The van der Waals surface area contributed by atoms with Gasteiger partial charge in [0.15, 0.2) is 0 Å². The van der Waals surface area contributed by atoms with Crippen LogP contribution in [0.1, 0.15) is 72.8 Å². The molecule has 1 saturated heterocycles. The number of likely N-dealkylation sites (tertiary alicyclic amines) is 1. The first-order chi connectivity index (χ1) is 13.3. The van der Waals surface area contributed by atoms with Crippen LogP contribution in [0.3, 0.4) is 0 Å². The number of hydrogen-bond donors (Lipinski definition) is 1. The first kappa shape index (κ1) is 19.1. The summed E-state index contributed by atoms with van der Waals surface area (Å²) in [5.74, 6) is 1.35. The largest absolute Gasteiger partial charge is 0.332 e. The van der Waals surface area contributed by atoms with Crippen molar-refractivity contribution >= 4 is 5.91 Å². The van der Waals surface area contributed by atoms with Crippen molar-refractivity contribution in [3.05, 3.63) is 40.7 Å². The predicted molar refractivity (Wildman–Crippen MR) is 107 cm³/mol. The zero-order valence-corrected chi connectivity index (χ0v) is 17.3. The van der Waals surface area contributed by atoms with Gasteiger partial charge in [-0.2, -0.15) is 5.10 Å². The molecule has 1 amide bonds. The number of fused-ring (bicyclic) bond motifs is 1. The van der Waals surface area contributed by atoms with Crippen molar-refractivity contribution in [3.63, 3.8) is 0 Å². The maximum absolute atomic E-state index is 12.9. The molecule has 0 spiro atoms. The molecular weight excluding hydrogens is 352 g/mol. The molecule has 4 heterocycles.